The number of carboxylic acid groups (broad SMARTS) is 1. The Morgan fingerprint density at radius 2 is 2.00 bits per heavy atom. The smallest absolute Gasteiger partial charge is 0.308 e. The number of hydrogen-bond acceptors (Lipinski definition) is 2. The van der Waals surface area contributed by atoms with Crippen LogP contribution in [0.5, 0.6) is 0 Å². The van der Waals surface area contributed by atoms with Crippen LogP contribution in [0, 0.1) is 11.8 Å². The van der Waals surface area contributed by atoms with Crippen LogP contribution >= 0.6 is 0 Å². The van der Waals surface area contributed by atoms with Gasteiger partial charge in [0.1, 0.15) is 0 Å². The molecule has 0 aliphatic heterocycles. The van der Waals surface area contributed by atoms with Gasteiger partial charge in [-0.2, -0.15) is 0 Å². The Kier molecular flexibility index (Phi) is 7.90. The van der Waals surface area contributed by atoms with E-state index >= 15 is 0 Å². The van der Waals surface area contributed by atoms with Crippen LogP contribution in [0.4, 0.5) is 0 Å². The van der Waals surface area contributed by atoms with Crippen LogP contribution < -0.4 is 0 Å². The molecule has 94 valence electrons. The Labute approximate surface area is 98.5 Å². The summed E-state index contributed by atoms with van der Waals surface area (Å²) in [5, 5.41) is 8.66. The second kappa shape index (κ2) is 8.34. The molecule has 0 aliphatic rings. The molecule has 1 N–H and O–H groups in total. The molecule has 3 nitrogen and oxygen atoms in total. The molecule has 0 aromatic rings. The fourth-order valence-corrected chi connectivity index (χ4v) is 1.19. The van der Waals surface area contributed by atoms with E-state index in [4.69, 9.17) is 9.84 Å². The number of hydrogen-bond donors (Lipinski definition) is 1. The molecule has 0 heterocycles. The first-order valence-electron chi connectivity index (χ1n) is 5.89. The van der Waals surface area contributed by atoms with Gasteiger partial charge in [0.25, 0.3) is 0 Å². The molecule has 0 fully saturated rings. The van der Waals surface area contributed by atoms with E-state index < -0.39 is 11.9 Å². The molecule has 0 aliphatic carbocycles. The number of carbonyl (C=O) groups is 1. The van der Waals surface area contributed by atoms with Gasteiger partial charge in [-0.1, -0.05) is 25.5 Å². The zero-order valence-electron chi connectivity index (χ0n) is 10.8. The maximum atomic E-state index is 10.5. The van der Waals surface area contributed by atoms with Crippen LogP contribution in [0.25, 0.3) is 0 Å². The second-order valence-corrected chi connectivity index (χ2v) is 4.78. The predicted octanol–water partition coefficient (Wildman–Crippen LogP) is 3.11. The topological polar surface area (TPSA) is 46.5 Å². The summed E-state index contributed by atoms with van der Waals surface area (Å²) in [6, 6.07) is 0. The third-order valence-electron chi connectivity index (χ3n) is 2.36. The van der Waals surface area contributed by atoms with Crippen molar-refractivity contribution < 1.29 is 14.6 Å². The van der Waals surface area contributed by atoms with Crippen molar-refractivity contribution in [3.8, 4) is 0 Å². The zero-order valence-corrected chi connectivity index (χ0v) is 10.8. The van der Waals surface area contributed by atoms with Crippen LogP contribution in [0.15, 0.2) is 11.6 Å². The monoisotopic (exact) mass is 228 g/mol. The van der Waals surface area contributed by atoms with Gasteiger partial charge in [0.2, 0.25) is 0 Å². The normalized spacial score (nSPS) is 14.2. The molecule has 0 amide bonds. The zero-order chi connectivity index (χ0) is 12.6. The summed E-state index contributed by atoms with van der Waals surface area (Å²) in [6.07, 6.45) is 4.43. The van der Waals surface area contributed by atoms with Gasteiger partial charge in [-0.15, -0.1) is 0 Å². The largest absolute Gasteiger partial charge is 0.481 e. The van der Waals surface area contributed by atoms with Gasteiger partial charge in [0, 0.05) is 0 Å². The lowest BCUT2D eigenvalue weighted by molar-refractivity contribution is -0.143. The number of ether oxygens (including phenoxy) is 1. The predicted molar refractivity (Wildman–Crippen MR) is 65.4 cm³/mol. The lowest BCUT2D eigenvalue weighted by Gasteiger charge is -2.08. The number of aliphatic carboxylic acids is 1. The van der Waals surface area contributed by atoms with E-state index in [2.05, 4.69) is 19.9 Å². The maximum absolute atomic E-state index is 10.5. The first kappa shape index (κ1) is 15.2. The van der Waals surface area contributed by atoms with E-state index in [1.54, 1.807) is 6.92 Å². The van der Waals surface area contributed by atoms with Crippen LogP contribution in [0.2, 0.25) is 0 Å². The van der Waals surface area contributed by atoms with Crippen molar-refractivity contribution in [1.29, 1.82) is 0 Å². The number of allylic oxidation sites excluding steroid dienone is 1. The summed E-state index contributed by atoms with van der Waals surface area (Å²) in [5.41, 5.74) is 1.18. The van der Waals surface area contributed by atoms with Crippen molar-refractivity contribution in [1.82, 2.24) is 0 Å². The SMILES string of the molecule is C/C(=C\CCC(C)C)COCC(C)C(=O)O. The third-order valence-corrected chi connectivity index (χ3v) is 2.36. The highest BCUT2D eigenvalue weighted by Crippen LogP contribution is 2.07. The number of carboxylic acids is 1. The van der Waals surface area contributed by atoms with Gasteiger partial charge in [0.15, 0.2) is 0 Å². The van der Waals surface area contributed by atoms with Crippen LogP contribution in [-0.2, 0) is 9.53 Å². The maximum Gasteiger partial charge on any atom is 0.308 e. The molecule has 0 saturated heterocycles. The van der Waals surface area contributed by atoms with Gasteiger partial charge in [-0.3, -0.25) is 4.79 Å². The van der Waals surface area contributed by atoms with Gasteiger partial charge < -0.3 is 9.84 Å². The van der Waals surface area contributed by atoms with Crippen LogP contribution in [-0.4, -0.2) is 24.3 Å². The van der Waals surface area contributed by atoms with E-state index in [1.807, 2.05) is 6.92 Å². The minimum Gasteiger partial charge on any atom is -0.481 e. The average molecular weight is 228 g/mol. The van der Waals surface area contributed by atoms with Gasteiger partial charge in [0.05, 0.1) is 19.1 Å². The summed E-state index contributed by atoms with van der Waals surface area (Å²) in [4.78, 5) is 10.5. The molecule has 0 aromatic carbocycles. The Balaban J connectivity index is 3.64. The molecule has 0 bridgehead atoms. The van der Waals surface area contributed by atoms with Crippen molar-refractivity contribution in [3.05, 3.63) is 11.6 Å². The molecule has 16 heavy (non-hydrogen) atoms. The molecule has 0 radical (unpaired) electrons. The highest BCUT2D eigenvalue weighted by Gasteiger charge is 2.10. The highest BCUT2D eigenvalue weighted by atomic mass is 16.5. The van der Waals surface area contributed by atoms with Crippen molar-refractivity contribution in [2.45, 2.75) is 40.5 Å². The van der Waals surface area contributed by atoms with Crippen molar-refractivity contribution in [3.63, 3.8) is 0 Å². The molecule has 1 unspecified atom stereocenters. The first-order chi connectivity index (χ1) is 7.43. The van der Waals surface area contributed by atoms with Crippen molar-refractivity contribution in [2.75, 3.05) is 13.2 Å². The Bertz CT molecular complexity index is 231. The summed E-state index contributed by atoms with van der Waals surface area (Å²) in [6.45, 7) is 8.90. The second-order valence-electron chi connectivity index (χ2n) is 4.78. The van der Waals surface area contributed by atoms with Gasteiger partial charge >= 0.3 is 5.97 Å². The average Bonchev–Trinajstić information content (AvgIpc) is 2.16. The lowest BCUT2D eigenvalue weighted by Crippen LogP contribution is -2.16. The molecule has 0 spiro atoms. The van der Waals surface area contributed by atoms with Gasteiger partial charge in [-0.25, -0.2) is 0 Å². The summed E-state index contributed by atoms with van der Waals surface area (Å²) in [5.74, 6) is -0.512. The Morgan fingerprint density at radius 1 is 1.38 bits per heavy atom. The van der Waals surface area contributed by atoms with Gasteiger partial charge in [-0.05, 0) is 32.6 Å². The summed E-state index contributed by atoms with van der Waals surface area (Å²) >= 11 is 0. The first-order valence-corrected chi connectivity index (χ1v) is 5.89. The number of rotatable bonds is 8. The summed E-state index contributed by atoms with van der Waals surface area (Å²) in [7, 11) is 0. The molecule has 0 saturated carbocycles. The fourth-order valence-electron chi connectivity index (χ4n) is 1.19. The van der Waals surface area contributed by atoms with Crippen LogP contribution in [0.1, 0.15) is 40.5 Å². The summed E-state index contributed by atoms with van der Waals surface area (Å²) < 4.78 is 5.33. The molecule has 0 rings (SSSR count). The lowest BCUT2D eigenvalue weighted by atomic mass is 10.1. The molecular weight excluding hydrogens is 204 g/mol. The van der Waals surface area contributed by atoms with E-state index in [0.29, 0.717) is 6.61 Å². The van der Waals surface area contributed by atoms with Crippen LogP contribution in [0.3, 0.4) is 0 Å². The standard InChI is InChI=1S/C13H24O3/c1-10(2)6-5-7-11(3)8-16-9-12(4)13(14)15/h7,10,12H,5-6,8-9H2,1-4H3,(H,14,15)/b11-7+. The van der Waals surface area contributed by atoms with Crippen molar-refractivity contribution in [2.24, 2.45) is 11.8 Å². The quantitative estimate of drug-likeness (QED) is 0.649. The molecule has 0 aromatic heterocycles. The van der Waals surface area contributed by atoms with E-state index in [9.17, 15) is 4.79 Å². The molecule has 3 heteroatoms. The minimum absolute atomic E-state index is 0.282. The van der Waals surface area contributed by atoms with E-state index in [1.165, 1.54) is 12.0 Å². The van der Waals surface area contributed by atoms with Crippen molar-refractivity contribution >= 4 is 5.97 Å². The fraction of sp³-hybridized carbons (Fsp3) is 0.769. The highest BCUT2D eigenvalue weighted by molar-refractivity contribution is 5.69. The Hall–Kier alpha value is -0.830. The Morgan fingerprint density at radius 3 is 2.50 bits per heavy atom. The van der Waals surface area contributed by atoms with E-state index in [-0.39, 0.29) is 6.61 Å². The third kappa shape index (κ3) is 8.48. The molecular formula is C13H24O3. The minimum atomic E-state index is -0.804. The van der Waals surface area contributed by atoms with E-state index in [0.717, 1.165) is 12.3 Å². The molecule has 1 atom stereocenters.